The number of hydrogen-bond donors (Lipinski definition) is 2. The third kappa shape index (κ3) is 3.92. The van der Waals surface area contributed by atoms with Gasteiger partial charge in [-0.25, -0.2) is 0 Å². The molecular weight excluding hydrogens is 222 g/mol. The lowest BCUT2D eigenvalue weighted by Gasteiger charge is -2.08. The Balaban J connectivity index is 2.75. The fourth-order valence-corrected chi connectivity index (χ4v) is 1.44. The van der Waals surface area contributed by atoms with Crippen LogP contribution in [0.2, 0.25) is 0 Å². The van der Waals surface area contributed by atoms with Crippen molar-refractivity contribution >= 4 is 11.4 Å². The Kier molecular flexibility index (Phi) is 5.22. The van der Waals surface area contributed by atoms with Crippen molar-refractivity contribution in [2.24, 2.45) is 5.73 Å². The summed E-state index contributed by atoms with van der Waals surface area (Å²) in [5.41, 5.74) is 5.91. The molecule has 0 spiro atoms. The second-order valence-electron chi connectivity index (χ2n) is 3.56. The fraction of sp³-hybridized carbons (Fsp3) is 0.455. The predicted octanol–water partition coefficient (Wildman–Crippen LogP) is 1.75. The van der Waals surface area contributed by atoms with Gasteiger partial charge in [-0.1, -0.05) is 0 Å². The van der Waals surface area contributed by atoms with Gasteiger partial charge in [0.2, 0.25) is 0 Å². The quantitative estimate of drug-likeness (QED) is 0.430. The zero-order valence-electron chi connectivity index (χ0n) is 9.81. The minimum Gasteiger partial charge on any atom is -0.497 e. The lowest BCUT2D eigenvalue weighted by molar-refractivity contribution is -0.384. The number of nitrogens with zero attached hydrogens (tertiary/aromatic N) is 1. The molecule has 94 valence electrons. The molecule has 0 amide bonds. The average molecular weight is 239 g/mol. The van der Waals surface area contributed by atoms with E-state index in [2.05, 4.69) is 5.32 Å². The number of nitro benzene ring substituents is 1. The van der Waals surface area contributed by atoms with E-state index in [0.29, 0.717) is 24.5 Å². The molecular formula is C11H17N3O3. The van der Waals surface area contributed by atoms with Crippen molar-refractivity contribution in [1.82, 2.24) is 0 Å². The van der Waals surface area contributed by atoms with Crippen molar-refractivity contribution in [3.63, 3.8) is 0 Å². The first kappa shape index (κ1) is 13.2. The molecule has 1 rings (SSSR count). The van der Waals surface area contributed by atoms with Crippen LogP contribution in [0.15, 0.2) is 18.2 Å². The van der Waals surface area contributed by atoms with E-state index in [-0.39, 0.29) is 5.69 Å². The summed E-state index contributed by atoms with van der Waals surface area (Å²) in [7, 11) is 1.53. The van der Waals surface area contributed by atoms with Gasteiger partial charge in [0, 0.05) is 18.7 Å². The Morgan fingerprint density at radius 3 is 2.82 bits per heavy atom. The molecule has 0 unspecified atom stereocenters. The van der Waals surface area contributed by atoms with Crippen LogP contribution in [0.5, 0.6) is 5.75 Å². The SMILES string of the molecule is COc1ccc([N+](=O)[O-])c(NCCCCN)c1. The molecule has 0 atom stereocenters. The molecule has 0 fully saturated rings. The summed E-state index contributed by atoms with van der Waals surface area (Å²) in [5, 5.41) is 13.8. The maximum Gasteiger partial charge on any atom is 0.292 e. The number of ether oxygens (including phenoxy) is 1. The van der Waals surface area contributed by atoms with Crippen LogP contribution in [-0.2, 0) is 0 Å². The zero-order valence-corrected chi connectivity index (χ0v) is 9.81. The molecule has 6 heteroatoms. The number of unbranched alkanes of at least 4 members (excludes halogenated alkanes) is 1. The lowest BCUT2D eigenvalue weighted by Crippen LogP contribution is -2.07. The number of methoxy groups -OCH3 is 1. The second-order valence-corrected chi connectivity index (χ2v) is 3.56. The number of nitro groups is 1. The molecule has 1 aromatic carbocycles. The van der Waals surface area contributed by atoms with Gasteiger partial charge in [-0.2, -0.15) is 0 Å². The summed E-state index contributed by atoms with van der Waals surface area (Å²) in [5.74, 6) is 0.594. The molecule has 0 bridgehead atoms. The van der Waals surface area contributed by atoms with Crippen LogP contribution >= 0.6 is 0 Å². The third-order valence-electron chi connectivity index (χ3n) is 2.35. The van der Waals surface area contributed by atoms with Gasteiger partial charge in [-0.3, -0.25) is 10.1 Å². The van der Waals surface area contributed by atoms with Crippen LogP contribution in [0, 0.1) is 10.1 Å². The monoisotopic (exact) mass is 239 g/mol. The number of benzene rings is 1. The molecule has 0 radical (unpaired) electrons. The molecule has 0 aliphatic heterocycles. The Morgan fingerprint density at radius 1 is 1.47 bits per heavy atom. The van der Waals surface area contributed by atoms with E-state index in [1.165, 1.54) is 13.2 Å². The third-order valence-corrected chi connectivity index (χ3v) is 2.35. The van der Waals surface area contributed by atoms with Gasteiger partial charge in [0.05, 0.1) is 12.0 Å². The Labute approximate surface area is 99.9 Å². The summed E-state index contributed by atoms with van der Waals surface area (Å²) in [6, 6.07) is 4.63. The fourth-order valence-electron chi connectivity index (χ4n) is 1.44. The summed E-state index contributed by atoms with van der Waals surface area (Å²) in [4.78, 5) is 10.4. The minimum atomic E-state index is -0.412. The van der Waals surface area contributed by atoms with Crippen molar-refractivity contribution in [2.75, 3.05) is 25.5 Å². The molecule has 17 heavy (non-hydrogen) atoms. The van der Waals surface area contributed by atoms with Crippen LogP contribution in [0.25, 0.3) is 0 Å². The van der Waals surface area contributed by atoms with E-state index in [0.717, 1.165) is 12.8 Å². The van der Waals surface area contributed by atoms with Crippen molar-refractivity contribution in [2.45, 2.75) is 12.8 Å². The van der Waals surface area contributed by atoms with Crippen molar-refractivity contribution < 1.29 is 9.66 Å². The topological polar surface area (TPSA) is 90.4 Å². The van der Waals surface area contributed by atoms with Gasteiger partial charge in [0.25, 0.3) is 5.69 Å². The molecule has 0 heterocycles. The highest BCUT2D eigenvalue weighted by Gasteiger charge is 2.13. The molecule has 0 saturated heterocycles. The molecule has 0 saturated carbocycles. The number of nitrogens with one attached hydrogen (secondary N) is 1. The van der Waals surface area contributed by atoms with Crippen molar-refractivity contribution in [3.05, 3.63) is 28.3 Å². The van der Waals surface area contributed by atoms with E-state index in [9.17, 15) is 10.1 Å². The van der Waals surface area contributed by atoms with Gasteiger partial charge in [-0.15, -0.1) is 0 Å². The number of hydrogen-bond acceptors (Lipinski definition) is 5. The molecule has 3 N–H and O–H groups in total. The predicted molar refractivity (Wildman–Crippen MR) is 66.4 cm³/mol. The van der Waals surface area contributed by atoms with Crippen LogP contribution in [-0.4, -0.2) is 25.1 Å². The van der Waals surface area contributed by atoms with Gasteiger partial charge >= 0.3 is 0 Å². The van der Waals surface area contributed by atoms with E-state index in [1.54, 1.807) is 12.1 Å². The molecule has 0 aromatic heterocycles. The molecule has 0 aliphatic carbocycles. The van der Waals surface area contributed by atoms with Gasteiger partial charge in [-0.05, 0) is 25.5 Å². The number of anilines is 1. The summed E-state index contributed by atoms with van der Waals surface area (Å²) in [6.45, 7) is 1.28. The Hall–Kier alpha value is -1.82. The van der Waals surface area contributed by atoms with E-state index in [4.69, 9.17) is 10.5 Å². The molecule has 0 aliphatic rings. The lowest BCUT2D eigenvalue weighted by atomic mass is 10.2. The molecule has 1 aromatic rings. The van der Waals surface area contributed by atoms with Crippen LogP contribution < -0.4 is 15.8 Å². The van der Waals surface area contributed by atoms with Crippen molar-refractivity contribution in [3.8, 4) is 5.75 Å². The Morgan fingerprint density at radius 2 is 2.24 bits per heavy atom. The number of rotatable bonds is 7. The average Bonchev–Trinajstić information content (AvgIpc) is 2.34. The van der Waals surface area contributed by atoms with Crippen LogP contribution in [0.4, 0.5) is 11.4 Å². The van der Waals surface area contributed by atoms with E-state index >= 15 is 0 Å². The first-order valence-electron chi connectivity index (χ1n) is 5.45. The Bertz CT molecular complexity index is 382. The summed E-state index contributed by atoms with van der Waals surface area (Å²) in [6.07, 6.45) is 1.77. The standard InChI is InChI=1S/C11H17N3O3/c1-17-9-4-5-11(14(15)16)10(8-9)13-7-3-2-6-12/h4-5,8,13H,2-3,6-7,12H2,1H3. The largest absolute Gasteiger partial charge is 0.497 e. The smallest absolute Gasteiger partial charge is 0.292 e. The van der Waals surface area contributed by atoms with Crippen LogP contribution in [0.1, 0.15) is 12.8 Å². The molecule has 6 nitrogen and oxygen atoms in total. The van der Waals surface area contributed by atoms with Crippen LogP contribution in [0.3, 0.4) is 0 Å². The first-order chi connectivity index (χ1) is 8.19. The van der Waals surface area contributed by atoms with E-state index < -0.39 is 4.92 Å². The highest BCUT2D eigenvalue weighted by Crippen LogP contribution is 2.28. The maximum atomic E-state index is 10.8. The van der Waals surface area contributed by atoms with Gasteiger partial charge < -0.3 is 15.8 Å². The number of nitrogens with two attached hydrogens (primary N) is 1. The summed E-state index contributed by atoms with van der Waals surface area (Å²) < 4.78 is 5.03. The summed E-state index contributed by atoms with van der Waals surface area (Å²) >= 11 is 0. The van der Waals surface area contributed by atoms with Gasteiger partial charge in [0.15, 0.2) is 0 Å². The maximum absolute atomic E-state index is 10.8. The zero-order chi connectivity index (χ0) is 12.7. The highest BCUT2D eigenvalue weighted by molar-refractivity contribution is 5.64. The highest BCUT2D eigenvalue weighted by atomic mass is 16.6. The van der Waals surface area contributed by atoms with E-state index in [1.807, 2.05) is 0 Å². The second kappa shape index (κ2) is 6.70. The van der Waals surface area contributed by atoms with Gasteiger partial charge in [0.1, 0.15) is 11.4 Å². The minimum absolute atomic E-state index is 0.0542. The first-order valence-corrected chi connectivity index (χ1v) is 5.45. The normalized spacial score (nSPS) is 10.0. The van der Waals surface area contributed by atoms with Crippen molar-refractivity contribution in [1.29, 1.82) is 0 Å².